The van der Waals surface area contributed by atoms with Gasteiger partial charge in [-0.2, -0.15) is 0 Å². The first-order valence-corrected chi connectivity index (χ1v) is 6.20. The second kappa shape index (κ2) is 4.84. The molecule has 94 valence electrons. The van der Waals surface area contributed by atoms with E-state index in [0.717, 1.165) is 11.0 Å². The van der Waals surface area contributed by atoms with Crippen LogP contribution in [0.15, 0.2) is 18.2 Å². The minimum absolute atomic E-state index is 0.656. The van der Waals surface area contributed by atoms with Crippen molar-refractivity contribution in [3.8, 4) is 5.75 Å². The Morgan fingerprint density at radius 3 is 2.65 bits per heavy atom. The number of nitrogens with zero attached hydrogens (tertiary/aromatic N) is 1. The fourth-order valence-corrected chi connectivity index (χ4v) is 2.37. The van der Waals surface area contributed by atoms with Gasteiger partial charge in [0.1, 0.15) is 18.9 Å². The van der Waals surface area contributed by atoms with E-state index in [0.29, 0.717) is 23.7 Å². The molecule has 4 nitrogen and oxygen atoms in total. The van der Waals surface area contributed by atoms with Gasteiger partial charge in [0.05, 0.1) is 25.8 Å². The number of likely N-dealkylation sites (tertiary alicyclic amines) is 1. The maximum absolute atomic E-state index is 5.83. The van der Waals surface area contributed by atoms with E-state index in [9.17, 15) is 0 Å². The molecule has 1 aliphatic rings. The Bertz CT molecular complexity index is 386. The molecule has 0 saturated carbocycles. The molecule has 4 N–H and O–H groups in total. The van der Waals surface area contributed by atoms with E-state index < -0.39 is 0 Å². The van der Waals surface area contributed by atoms with Crippen LogP contribution in [0, 0.1) is 0 Å². The van der Waals surface area contributed by atoms with E-state index in [2.05, 4.69) is 7.05 Å². The third kappa shape index (κ3) is 3.03. The predicted molar refractivity (Wildman–Crippen MR) is 70.8 cm³/mol. The fourth-order valence-electron chi connectivity index (χ4n) is 2.37. The zero-order chi connectivity index (χ0) is 12.3. The third-order valence-corrected chi connectivity index (χ3v) is 3.57. The van der Waals surface area contributed by atoms with Gasteiger partial charge in [0.15, 0.2) is 0 Å². The molecule has 1 heterocycles. The molecule has 0 spiro atoms. The smallest absolute Gasteiger partial charge is 0.144 e. The number of rotatable bonds is 4. The molecule has 1 saturated heterocycles. The lowest BCUT2D eigenvalue weighted by Gasteiger charge is -2.28. The average Bonchev–Trinajstić information content (AvgIpc) is 2.71. The molecule has 1 aromatic rings. The highest BCUT2D eigenvalue weighted by Gasteiger charge is 2.26. The van der Waals surface area contributed by atoms with Gasteiger partial charge in [-0.15, -0.1) is 0 Å². The van der Waals surface area contributed by atoms with Crippen molar-refractivity contribution in [1.29, 1.82) is 0 Å². The summed E-state index contributed by atoms with van der Waals surface area (Å²) in [6, 6.07) is 5.37. The van der Waals surface area contributed by atoms with Crippen LogP contribution < -0.4 is 16.2 Å². The highest BCUT2D eigenvalue weighted by atomic mass is 16.5. The van der Waals surface area contributed by atoms with Crippen molar-refractivity contribution in [1.82, 2.24) is 0 Å². The minimum atomic E-state index is 0.656. The molecular weight excluding hydrogens is 214 g/mol. The van der Waals surface area contributed by atoms with Crippen LogP contribution in [0.1, 0.15) is 12.8 Å². The van der Waals surface area contributed by atoms with Crippen LogP contribution in [-0.4, -0.2) is 37.8 Å². The minimum Gasteiger partial charge on any atom is -0.485 e. The second-order valence-corrected chi connectivity index (χ2v) is 5.14. The van der Waals surface area contributed by atoms with Crippen LogP contribution in [-0.2, 0) is 0 Å². The normalized spacial score (nSPS) is 18.2. The number of benzene rings is 1. The van der Waals surface area contributed by atoms with Crippen molar-refractivity contribution >= 4 is 11.4 Å². The topological polar surface area (TPSA) is 61.3 Å². The van der Waals surface area contributed by atoms with Gasteiger partial charge < -0.3 is 20.7 Å². The molecule has 2 rings (SSSR count). The summed E-state index contributed by atoms with van der Waals surface area (Å²) >= 11 is 0. The molecule has 4 heteroatoms. The number of hydrogen-bond donors (Lipinski definition) is 2. The second-order valence-electron chi connectivity index (χ2n) is 5.14. The molecule has 0 aliphatic carbocycles. The third-order valence-electron chi connectivity index (χ3n) is 3.57. The summed E-state index contributed by atoms with van der Waals surface area (Å²) in [4.78, 5) is 0. The maximum Gasteiger partial charge on any atom is 0.144 e. The summed E-state index contributed by atoms with van der Waals surface area (Å²) in [5.74, 6) is 0.704. The Labute approximate surface area is 103 Å². The lowest BCUT2D eigenvalue weighted by molar-refractivity contribution is -0.897. The highest BCUT2D eigenvalue weighted by Crippen LogP contribution is 2.24. The number of anilines is 2. The SMILES string of the molecule is C[N+]1(CCOc2cc(N)ccc2N)CCCC1. The largest absolute Gasteiger partial charge is 0.485 e. The number of likely N-dealkylation sites (N-methyl/N-ethyl adjacent to an activating group) is 1. The Hall–Kier alpha value is -1.42. The van der Waals surface area contributed by atoms with Crippen LogP contribution in [0.4, 0.5) is 11.4 Å². The van der Waals surface area contributed by atoms with E-state index in [1.165, 1.54) is 25.9 Å². The molecule has 17 heavy (non-hydrogen) atoms. The molecule has 0 unspecified atom stereocenters. The van der Waals surface area contributed by atoms with E-state index in [4.69, 9.17) is 16.2 Å². The lowest BCUT2D eigenvalue weighted by atomic mass is 10.2. The molecule has 1 fully saturated rings. The molecule has 0 radical (unpaired) electrons. The van der Waals surface area contributed by atoms with Crippen molar-refractivity contribution in [3.05, 3.63) is 18.2 Å². The van der Waals surface area contributed by atoms with Crippen LogP contribution in [0.5, 0.6) is 5.75 Å². The molecule has 0 bridgehead atoms. The van der Waals surface area contributed by atoms with Gasteiger partial charge >= 0.3 is 0 Å². The fraction of sp³-hybridized carbons (Fsp3) is 0.538. The summed E-state index contributed by atoms with van der Waals surface area (Å²) in [6.45, 7) is 4.25. The Morgan fingerprint density at radius 2 is 1.94 bits per heavy atom. The molecule has 0 aromatic heterocycles. The van der Waals surface area contributed by atoms with Gasteiger partial charge in [0, 0.05) is 24.6 Å². The van der Waals surface area contributed by atoms with Gasteiger partial charge in [0.2, 0.25) is 0 Å². The zero-order valence-corrected chi connectivity index (χ0v) is 10.5. The van der Waals surface area contributed by atoms with Crippen molar-refractivity contribution < 1.29 is 9.22 Å². The summed E-state index contributed by atoms with van der Waals surface area (Å²) < 4.78 is 6.84. The number of ether oxygens (including phenoxy) is 1. The van der Waals surface area contributed by atoms with E-state index in [1.807, 2.05) is 0 Å². The highest BCUT2D eigenvalue weighted by molar-refractivity contribution is 5.59. The Morgan fingerprint density at radius 1 is 1.24 bits per heavy atom. The quantitative estimate of drug-likeness (QED) is 0.615. The molecule has 0 amide bonds. The van der Waals surface area contributed by atoms with Crippen molar-refractivity contribution in [2.75, 3.05) is 44.8 Å². The molecular formula is C13H22N3O+. The summed E-state index contributed by atoms with van der Waals surface area (Å²) in [5, 5.41) is 0. The first kappa shape index (κ1) is 12.0. The summed E-state index contributed by atoms with van der Waals surface area (Å²) in [5.41, 5.74) is 12.9. The first-order chi connectivity index (χ1) is 8.09. The molecule has 0 atom stereocenters. The van der Waals surface area contributed by atoms with Crippen molar-refractivity contribution in [3.63, 3.8) is 0 Å². The van der Waals surface area contributed by atoms with Crippen LogP contribution in [0.25, 0.3) is 0 Å². The summed E-state index contributed by atoms with van der Waals surface area (Å²) in [6.07, 6.45) is 2.66. The van der Waals surface area contributed by atoms with E-state index in [-0.39, 0.29) is 0 Å². The van der Waals surface area contributed by atoms with Crippen molar-refractivity contribution in [2.24, 2.45) is 0 Å². The maximum atomic E-state index is 5.83. The number of hydrogen-bond acceptors (Lipinski definition) is 3. The lowest BCUT2D eigenvalue weighted by Crippen LogP contribution is -2.43. The van der Waals surface area contributed by atoms with Gasteiger partial charge in [-0.1, -0.05) is 0 Å². The number of nitrogen functional groups attached to an aromatic ring is 2. The van der Waals surface area contributed by atoms with Gasteiger partial charge in [0.25, 0.3) is 0 Å². The first-order valence-electron chi connectivity index (χ1n) is 6.20. The van der Waals surface area contributed by atoms with Crippen LogP contribution >= 0.6 is 0 Å². The average molecular weight is 236 g/mol. The standard InChI is InChI=1S/C13H22N3O/c1-16(6-2-3-7-16)8-9-17-13-10-11(14)4-5-12(13)15/h4-5,10H,2-3,6-9,14-15H2,1H3/q+1. The Balaban J connectivity index is 1.87. The zero-order valence-electron chi connectivity index (χ0n) is 10.5. The Kier molecular flexibility index (Phi) is 3.43. The van der Waals surface area contributed by atoms with E-state index in [1.54, 1.807) is 18.2 Å². The monoisotopic (exact) mass is 236 g/mol. The molecule has 1 aliphatic heterocycles. The predicted octanol–water partition coefficient (Wildman–Crippen LogP) is 1.47. The van der Waals surface area contributed by atoms with E-state index >= 15 is 0 Å². The van der Waals surface area contributed by atoms with Crippen LogP contribution in [0.3, 0.4) is 0 Å². The van der Waals surface area contributed by atoms with Gasteiger partial charge in [-0.25, -0.2) is 0 Å². The van der Waals surface area contributed by atoms with Gasteiger partial charge in [-0.3, -0.25) is 0 Å². The molecule has 1 aromatic carbocycles. The van der Waals surface area contributed by atoms with Crippen LogP contribution in [0.2, 0.25) is 0 Å². The number of quaternary nitrogens is 1. The van der Waals surface area contributed by atoms with Gasteiger partial charge in [-0.05, 0) is 12.1 Å². The number of nitrogens with two attached hydrogens (primary N) is 2. The summed E-state index contributed by atoms with van der Waals surface area (Å²) in [7, 11) is 2.29. The van der Waals surface area contributed by atoms with Crippen molar-refractivity contribution in [2.45, 2.75) is 12.8 Å².